The molecular formula is C8H9NO4S2. The molecule has 1 heterocycles. The van der Waals surface area contributed by atoms with Crippen LogP contribution < -0.4 is 4.72 Å². The molecule has 2 rings (SSSR count). The number of thiophene rings is 1. The van der Waals surface area contributed by atoms with Crippen molar-refractivity contribution in [2.75, 3.05) is 0 Å². The quantitative estimate of drug-likeness (QED) is 0.827. The Bertz CT molecular complexity index is 486. The minimum Gasteiger partial charge on any atom is -0.478 e. The van der Waals surface area contributed by atoms with Gasteiger partial charge in [-0.25, -0.2) is 17.9 Å². The number of sulfonamides is 1. The Morgan fingerprint density at radius 2 is 2.20 bits per heavy atom. The summed E-state index contributed by atoms with van der Waals surface area (Å²) in [5.74, 6) is -1.22. The van der Waals surface area contributed by atoms with Crippen LogP contribution in [0.5, 0.6) is 0 Å². The summed E-state index contributed by atoms with van der Waals surface area (Å²) in [6.07, 6.45) is 1.65. The Balaban J connectivity index is 2.34. The molecule has 0 amide bonds. The van der Waals surface area contributed by atoms with Gasteiger partial charge in [0.25, 0.3) is 10.0 Å². The van der Waals surface area contributed by atoms with E-state index in [0.717, 1.165) is 24.2 Å². The zero-order chi connectivity index (χ0) is 11.1. The highest BCUT2D eigenvalue weighted by Crippen LogP contribution is 2.26. The molecule has 0 aromatic carbocycles. The Kier molecular flexibility index (Phi) is 2.53. The number of hydrogen-bond acceptors (Lipinski definition) is 4. The zero-order valence-electron chi connectivity index (χ0n) is 7.63. The summed E-state index contributed by atoms with van der Waals surface area (Å²) in [4.78, 5) is 10.7. The van der Waals surface area contributed by atoms with Gasteiger partial charge in [0.2, 0.25) is 0 Å². The number of aromatic carboxylic acids is 1. The molecule has 7 heteroatoms. The molecule has 0 saturated heterocycles. The van der Waals surface area contributed by atoms with Crippen molar-refractivity contribution in [2.45, 2.75) is 23.1 Å². The fourth-order valence-corrected chi connectivity index (χ4v) is 3.79. The van der Waals surface area contributed by atoms with E-state index in [4.69, 9.17) is 5.11 Å². The second-order valence-corrected chi connectivity index (χ2v) is 6.15. The van der Waals surface area contributed by atoms with Crippen molar-refractivity contribution in [1.29, 1.82) is 0 Å². The third-order valence-corrected chi connectivity index (χ3v) is 5.01. The predicted octanol–water partition coefficient (Wildman–Crippen LogP) is 0.887. The summed E-state index contributed by atoms with van der Waals surface area (Å²) in [5.41, 5.74) is -0.159. The molecule has 2 N–H and O–H groups in total. The number of carbonyl (C=O) groups is 1. The molecule has 0 radical (unpaired) electrons. The lowest BCUT2D eigenvalue weighted by Gasteiger charge is -2.03. The fraction of sp³-hybridized carbons (Fsp3) is 0.375. The number of carboxylic acids is 1. The van der Waals surface area contributed by atoms with Crippen LogP contribution in [-0.2, 0) is 10.0 Å². The largest absolute Gasteiger partial charge is 0.478 e. The van der Waals surface area contributed by atoms with Gasteiger partial charge < -0.3 is 5.11 Å². The minimum absolute atomic E-state index is 0.0151. The van der Waals surface area contributed by atoms with Crippen LogP contribution in [0.3, 0.4) is 0 Å². The van der Waals surface area contributed by atoms with Gasteiger partial charge in [0.15, 0.2) is 0 Å². The third-order valence-electron chi connectivity index (χ3n) is 2.00. The summed E-state index contributed by atoms with van der Waals surface area (Å²) >= 11 is 0.923. The van der Waals surface area contributed by atoms with Crippen molar-refractivity contribution in [1.82, 2.24) is 4.72 Å². The van der Waals surface area contributed by atoms with Crippen LogP contribution >= 0.6 is 11.3 Å². The Labute approximate surface area is 90.8 Å². The summed E-state index contributed by atoms with van der Waals surface area (Å²) in [6.45, 7) is 0. The van der Waals surface area contributed by atoms with E-state index in [1.54, 1.807) is 0 Å². The van der Waals surface area contributed by atoms with Crippen LogP contribution in [0, 0.1) is 0 Å². The molecule has 0 atom stereocenters. The maximum Gasteiger partial charge on any atom is 0.337 e. The maximum atomic E-state index is 11.7. The molecule has 15 heavy (non-hydrogen) atoms. The highest BCUT2D eigenvalue weighted by molar-refractivity contribution is 7.91. The first kappa shape index (κ1) is 10.6. The lowest BCUT2D eigenvalue weighted by atomic mass is 10.4. The highest BCUT2D eigenvalue weighted by Gasteiger charge is 2.31. The van der Waals surface area contributed by atoms with Gasteiger partial charge in [0.05, 0.1) is 5.56 Å². The van der Waals surface area contributed by atoms with Crippen molar-refractivity contribution in [3.8, 4) is 0 Å². The highest BCUT2D eigenvalue weighted by atomic mass is 32.2. The van der Waals surface area contributed by atoms with E-state index in [-0.39, 0.29) is 15.8 Å². The van der Waals surface area contributed by atoms with E-state index in [2.05, 4.69) is 4.72 Å². The zero-order valence-corrected chi connectivity index (χ0v) is 9.27. The van der Waals surface area contributed by atoms with Crippen LogP contribution in [0.25, 0.3) is 0 Å². The summed E-state index contributed by atoms with van der Waals surface area (Å²) in [6, 6.07) is 1.29. The van der Waals surface area contributed by atoms with Crippen molar-refractivity contribution >= 4 is 27.3 Å². The van der Waals surface area contributed by atoms with Crippen molar-refractivity contribution < 1.29 is 18.3 Å². The van der Waals surface area contributed by atoms with E-state index < -0.39 is 16.0 Å². The lowest BCUT2D eigenvalue weighted by molar-refractivity contribution is 0.0693. The molecule has 1 fully saturated rings. The molecule has 1 aliphatic carbocycles. The molecular weight excluding hydrogens is 238 g/mol. The van der Waals surface area contributed by atoms with Crippen LogP contribution in [0.15, 0.2) is 15.7 Å². The monoisotopic (exact) mass is 247 g/mol. The Morgan fingerprint density at radius 3 is 2.73 bits per heavy atom. The molecule has 1 aromatic heterocycles. The number of nitrogens with one attached hydrogen (secondary N) is 1. The molecule has 0 unspecified atom stereocenters. The second kappa shape index (κ2) is 3.58. The first-order valence-electron chi connectivity index (χ1n) is 4.34. The average Bonchev–Trinajstić information content (AvgIpc) is 2.80. The summed E-state index contributed by atoms with van der Waals surface area (Å²) in [5, 5.41) is 10.2. The van der Waals surface area contributed by atoms with Gasteiger partial charge in [-0.3, -0.25) is 0 Å². The van der Waals surface area contributed by atoms with E-state index in [1.165, 1.54) is 11.4 Å². The lowest BCUT2D eigenvalue weighted by Crippen LogP contribution is -2.26. The smallest absolute Gasteiger partial charge is 0.337 e. The molecule has 5 nitrogen and oxygen atoms in total. The van der Waals surface area contributed by atoms with Crippen molar-refractivity contribution in [2.24, 2.45) is 0 Å². The van der Waals surface area contributed by atoms with Crippen molar-refractivity contribution in [3.63, 3.8) is 0 Å². The molecule has 0 aliphatic heterocycles. The molecule has 0 spiro atoms. The first-order chi connectivity index (χ1) is 7.00. The van der Waals surface area contributed by atoms with Crippen LogP contribution in [0.4, 0.5) is 0 Å². The number of hydrogen-bond donors (Lipinski definition) is 2. The Morgan fingerprint density at radius 1 is 1.53 bits per heavy atom. The number of carboxylic acid groups (broad SMARTS) is 1. The van der Waals surface area contributed by atoms with Gasteiger partial charge in [-0.05, 0) is 24.3 Å². The summed E-state index contributed by atoms with van der Waals surface area (Å²) in [7, 11) is -3.64. The molecule has 1 aliphatic rings. The van der Waals surface area contributed by atoms with Crippen LogP contribution in [-0.4, -0.2) is 25.5 Å². The van der Waals surface area contributed by atoms with Gasteiger partial charge in [-0.1, -0.05) is 0 Å². The van der Waals surface area contributed by atoms with Crippen LogP contribution in [0.1, 0.15) is 23.2 Å². The average molecular weight is 247 g/mol. The Hall–Kier alpha value is -0.920. The van der Waals surface area contributed by atoms with E-state index in [0.29, 0.717) is 0 Å². The number of rotatable bonds is 4. The normalized spacial score (nSPS) is 16.5. The minimum atomic E-state index is -3.64. The van der Waals surface area contributed by atoms with Crippen LogP contribution in [0.2, 0.25) is 0 Å². The van der Waals surface area contributed by atoms with Gasteiger partial charge >= 0.3 is 5.97 Å². The van der Waals surface area contributed by atoms with E-state index in [9.17, 15) is 13.2 Å². The fourth-order valence-electron chi connectivity index (χ4n) is 1.14. The van der Waals surface area contributed by atoms with Crippen molar-refractivity contribution in [3.05, 3.63) is 17.0 Å². The molecule has 82 valence electrons. The van der Waals surface area contributed by atoms with Gasteiger partial charge in [-0.2, -0.15) is 0 Å². The van der Waals surface area contributed by atoms with Gasteiger partial charge in [0, 0.05) is 6.04 Å². The molecule has 1 aromatic rings. The predicted molar refractivity (Wildman–Crippen MR) is 54.6 cm³/mol. The topological polar surface area (TPSA) is 83.5 Å². The SMILES string of the molecule is O=C(O)c1ccsc1S(=O)(=O)NC1CC1. The first-order valence-corrected chi connectivity index (χ1v) is 6.70. The van der Waals surface area contributed by atoms with Gasteiger partial charge in [-0.15, -0.1) is 11.3 Å². The molecule has 0 bridgehead atoms. The van der Waals surface area contributed by atoms with Gasteiger partial charge in [0.1, 0.15) is 4.21 Å². The standard InChI is InChI=1S/C8H9NO4S2/c10-7(11)6-3-4-14-8(6)15(12,13)9-5-1-2-5/h3-5,9H,1-2H2,(H,10,11). The van der Waals surface area contributed by atoms with E-state index in [1.807, 2.05) is 0 Å². The molecule has 1 saturated carbocycles. The second-order valence-electron chi connectivity index (χ2n) is 3.32. The van der Waals surface area contributed by atoms with E-state index >= 15 is 0 Å². The summed E-state index contributed by atoms with van der Waals surface area (Å²) < 4.78 is 25.7. The third kappa shape index (κ3) is 2.19. The maximum absolute atomic E-state index is 11.7.